The number of rotatable bonds is 6. The number of carbonyl (C=O) groups is 1. The lowest BCUT2D eigenvalue weighted by molar-refractivity contribution is -0.116. The van der Waals surface area contributed by atoms with E-state index in [1.165, 1.54) is 4.31 Å². The van der Waals surface area contributed by atoms with Crippen molar-refractivity contribution in [1.82, 2.24) is 4.31 Å². The maximum absolute atomic E-state index is 12.5. The molecule has 26 heavy (non-hydrogen) atoms. The van der Waals surface area contributed by atoms with Crippen LogP contribution < -0.4 is 5.32 Å². The molecule has 1 fully saturated rings. The second kappa shape index (κ2) is 8.20. The fourth-order valence-electron chi connectivity index (χ4n) is 2.95. The summed E-state index contributed by atoms with van der Waals surface area (Å²) < 4.78 is 26.5. The van der Waals surface area contributed by atoms with Crippen molar-refractivity contribution in [3.8, 4) is 0 Å². The van der Waals surface area contributed by atoms with Crippen LogP contribution in [0.15, 0.2) is 53.4 Å². The Morgan fingerprint density at radius 2 is 1.77 bits per heavy atom. The van der Waals surface area contributed by atoms with Crippen LogP contribution in [0, 0.1) is 0 Å². The van der Waals surface area contributed by atoms with Crippen LogP contribution in [0.3, 0.4) is 0 Å². The highest BCUT2D eigenvalue weighted by Gasteiger charge is 2.26. The van der Waals surface area contributed by atoms with Gasteiger partial charge >= 0.3 is 0 Å². The number of sulfonamides is 1. The number of benzene rings is 2. The van der Waals surface area contributed by atoms with E-state index in [-0.39, 0.29) is 5.91 Å². The lowest BCUT2D eigenvalue weighted by Crippen LogP contribution is -2.27. The summed E-state index contributed by atoms with van der Waals surface area (Å²) in [6, 6.07) is 13.8. The molecule has 5 nitrogen and oxygen atoms in total. The Kier molecular flexibility index (Phi) is 5.96. The molecule has 1 aliphatic heterocycles. The molecule has 2 aromatic rings. The number of nitrogens with one attached hydrogen (secondary N) is 1. The number of carbonyl (C=O) groups excluding carboxylic acids is 1. The summed E-state index contributed by atoms with van der Waals surface area (Å²) in [5, 5.41) is 3.37. The zero-order valence-corrected chi connectivity index (χ0v) is 15.9. The summed E-state index contributed by atoms with van der Waals surface area (Å²) >= 11 is 5.90. The number of aryl methyl sites for hydroxylation is 1. The molecule has 0 unspecified atom stereocenters. The van der Waals surface area contributed by atoms with Crippen molar-refractivity contribution in [3.05, 3.63) is 59.1 Å². The topological polar surface area (TPSA) is 66.5 Å². The fraction of sp³-hybridized carbons (Fsp3) is 0.316. The lowest BCUT2D eigenvalue weighted by atomic mass is 10.1. The number of amides is 1. The summed E-state index contributed by atoms with van der Waals surface area (Å²) in [5.41, 5.74) is 1.58. The SMILES string of the molecule is O=C(CCc1ccc(S(=O)(=O)N2CCCC2)cc1)Nc1cccc(Cl)c1. The van der Waals surface area contributed by atoms with Crippen molar-refractivity contribution in [1.29, 1.82) is 0 Å². The van der Waals surface area contributed by atoms with Crippen LogP contribution in [-0.2, 0) is 21.2 Å². The Morgan fingerprint density at radius 3 is 2.42 bits per heavy atom. The minimum Gasteiger partial charge on any atom is -0.326 e. The van der Waals surface area contributed by atoms with Crippen molar-refractivity contribution in [2.24, 2.45) is 0 Å². The smallest absolute Gasteiger partial charge is 0.243 e. The monoisotopic (exact) mass is 392 g/mol. The molecule has 7 heteroatoms. The van der Waals surface area contributed by atoms with Gasteiger partial charge in [0.15, 0.2) is 0 Å². The van der Waals surface area contributed by atoms with E-state index in [4.69, 9.17) is 11.6 Å². The molecule has 0 saturated carbocycles. The summed E-state index contributed by atoms with van der Waals surface area (Å²) in [7, 11) is -3.39. The second-order valence-corrected chi connectivity index (χ2v) is 8.69. The molecular formula is C19H21ClN2O3S. The van der Waals surface area contributed by atoms with Gasteiger partial charge in [-0.3, -0.25) is 4.79 Å². The Balaban J connectivity index is 1.56. The van der Waals surface area contributed by atoms with Gasteiger partial charge in [-0.05, 0) is 55.2 Å². The van der Waals surface area contributed by atoms with Crippen molar-refractivity contribution in [2.75, 3.05) is 18.4 Å². The van der Waals surface area contributed by atoms with Crippen molar-refractivity contribution < 1.29 is 13.2 Å². The Morgan fingerprint density at radius 1 is 1.08 bits per heavy atom. The molecule has 0 bridgehead atoms. The van der Waals surface area contributed by atoms with E-state index in [0.29, 0.717) is 41.5 Å². The highest BCUT2D eigenvalue weighted by atomic mass is 35.5. The van der Waals surface area contributed by atoms with Crippen LogP contribution in [0.4, 0.5) is 5.69 Å². The molecule has 0 atom stereocenters. The second-order valence-electron chi connectivity index (χ2n) is 6.31. The summed E-state index contributed by atoms with van der Waals surface area (Å²) in [6.45, 7) is 1.18. The van der Waals surface area contributed by atoms with Crippen LogP contribution in [0.5, 0.6) is 0 Å². The molecule has 1 saturated heterocycles. The minimum atomic E-state index is -3.39. The number of hydrogen-bond acceptors (Lipinski definition) is 3. The van der Waals surface area contributed by atoms with Crippen LogP contribution >= 0.6 is 11.6 Å². The largest absolute Gasteiger partial charge is 0.326 e. The molecule has 0 spiro atoms. The van der Waals surface area contributed by atoms with Gasteiger partial charge < -0.3 is 5.32 Å². The number of anilines is 1. The molecule has 3 rings (SSSR count). The average Bonchev–Trinajstić information content (AvgIpc) is 3.16. The van der Waals surface area contributed by atoms with Crippen LogP contribution in [0.25, 0.3) is 0 Å². The molecule has 1 N–H and O–H groups in total. The first-order valence-corrected chi connectivity index (χ1v) is 10.4. The van der Waals surface area contributed by atoms with Gasteiger partial charge in [0.1, 0.15) is 0 Å². The minimum absolute atomic E-state index is 0.110. The van der Waals surface area contributed by atoms with Crippen molar-refractivity contribution in [3.63, 3.8) is 0 Å². The standard InChI is InChI=1S/C19H21ClN2O3S/c20-16-4-3-5-17(14-16)21-19(23)11-8-15-6-9-18(10-7-15)26(24,25)22-12-1-2-13-22/h3-7,9-10,14H,1-2,8,11-13H2,(H,21,23). The molecule has 138 valence electrons. The van der Waals surface area contributed by atoms with Crippen molar-refractivity contribution in [2.45, 2.75) is 30.6 Å². The predicted molar refractivity (Wildman–Crippen MR) is 103 cm³/mol. The summed E-state index contributed by atoms with van der Waals surface area (Å²) in [4.78, 5) is 12.4. The molecule has 0 radical (unpaired) electrons. The maximum Gasteiger partial charge on any atom is 0.243 e. The van der Waals surface area contributed by atoms with Gasteiger partial charge in [-0.25, -0.2) is 8.42 Å². The van der Waals surface area contributed by atoms with Gasteiger partial charge in [0.05, 0.1) is 4.90 Å². The Labute approximate surface area is 159 Å². The quantitative estimate of drug-likeness (QED) is 0.815. The van der Waals surface area contributed by atoms with Gasteiger partial charge in [0.2, 0.25) is 15.9 Å². The van der Waals surface area contributed by atoms with E-state index in [1.54, 1.807) is 48.5 Å². The van der Waals surface area contributed by atoms with E-state index in [0.717, 1.165) is 18.4 Å². The zero-order valence-electron chi connectivity index (χ0n) is 14.3. The molecule has 0 aromatic heterocycles. The summed E-state index contributed by atoms with van der Waals surface area (Å²) in [6.07, 6.45) is 2.68. The average molecular weight is 393 g/mol. The van der Waals surface area contributed by atoms with E-state index < -0.39 is 10.0 Å². The number of halogens is 1. The van der Waals surface area contributed by atoms with E-state index >= 15 is 0 Å². The Bertz CT molecular complexity index is 876. The van der Waals surface area contributed by atoms with Crippen LogP contribution in [0.2, 0.25) is 5.02 Å². The highest BCUT2D eigenvalue weighted by molar-refractivity contribution is 7.89. The maximum atomic E-state index is 12.5. The zero-order chi connectivity index (χ0) is 18.6. The van der Waals surface area contributed by atoms with Crippen LogP contribution in [0.1, 0.15) is 24.8 Å². The third-order valence-corrected chi connectivity index (χ3v) is 6.52. The highest BCUT2D eigenvalue weighted by Crippen LogP contribution is 2.21. The van der Waals surface area contributed by atoms with Gasteiger partial charge in [0, 0.05) is 30.2 Å². The van der Waals surface area contributed by atoms with Crippen LogP contribution in [-0.4, -0.2) is 31.7 Å². The first-order valence-electron chi connectivity index (χ1n) is 8.60. The molecule has 2 aromatic carbocycles. The van der Waals surface area contributed by atoms with E-state index in [9.17, 15) is 13.2 Å². The summed E-state index contributed by atoms with van der Waals surface area (Å²) in [5.74, 6) is -0.110. The first kappa shape index (κ1) is 18.9. The first-order chi connectivity index (χ1) is 12.4. The van der Waals surface area contributed by atoms with E-state index in [1.807, 2.05) is 0 Å². The third-order valence-electron chi connectivity index (χ3n) is 4.38. The van der Waals surface area contributed by atoms with Gasteiger partial charge in [-0.1, -0.05) is 29.8 Å². The normalized spacial score (nSPS) is 15.1. The Hall–Kier alpha value is -1.89. The molecule has 1 heterocycles. The number of nitrogens with zero attached hydrogens (tertiary/aromatic N) is 1. The predicted octanol–water partition coefficient (Wildman–Crippen LogP) is 3.70. The van der Waals surface area contributed by atoms with Gasteiger partial charge in [-0.2, -0.15) is 4.31 Å². The van der Waals surface area contributed by atoms with E-state index in [2.05, 4.69) is 5.32 Å². The fourth-order valence-corrected chi connectivity index (χ4v) is 4.66. The van der Waals surface area contributed by atoms with Crippen molar-refractivity contribution >= 4 is 33.2 Å². The molecule has 0 aliphatic carbocycles. The third kappa shape index (κ3) is 4.63. The van der Waals surface area contributed by atoms with Gasteiger partial charge in [-0.15, -0.1) is 0 Å². The van der Waals surface area contributed by atoms with Gasteiger partial charge in [0.25, 0.3) is 0 Å². The lowest BCUT2D eigenvalue weighted by Gasteiger charge is -2.15. The molecule has 1 aliphatic rings. The number of hydrogen-bond donors (Lipinski definition) is 1. The molecular weight excluding hydrogens is 372 g/mol. The molecule has 1 amide bonds.